The molecule has 0 aliphatic carbocycles. The van der Waals surface area contributed by atoms with E-state index in [2.05, 4.69) is 0 Å². The Morgan fingerprint density at radius 3 is 1.26 bits per heavy atom. The summed E-state index contributed by atoms with van der Waals surface area (Å²) in [5.74, 6) is -4.66. The monoisotopic (exact) mass is 297 g/mol. The van der Waals surface area contributed by atoms with Crippen LogP contribution in [-0.4, -0.2) is 40.1 Å². The van der Waals surface area contributed by atoms with Crippen LogP contribution in [0.15, 0.2) is 0 Å². The minimum absolute atomic E-state index is 0. The first-order valence-corrected chi connectivity index (χ1v) is 4.06. The van der Waals surface area contributed by atoms with E-state index in [0.29, 0.717) is 0 Å². The van der Waals surface area contributed by atoms with Crippen molar-refractivity contribution < 1.29 is 98.7 Å². The molecular formula is C8H13NNa2O8. The van der Waals surface area contributed by atoms with E-state index >= 15 is 0 Å². The van der Waals surface area contributed by atoms with E-state index in [-0.39, 0.29) is 59.1 Å². The van der Waals surface area contributed by atoms with Crippen LogP contribution in [0, 0.1) is 0 Å². The van der Waals surface area contributed by atoms with Crippen molar-refractivity contribution in [3.05, 3.63) is 0 Å². The van der Waals surface area contributed by atoms with E-state index in [4.69, 9.17) is 35.7 Å². The van der Waals surface area contributed by atoms with Gasteiger partial charge in [0.1, 0.15) is 6.04 Å². The smallest absolute Gasteiger partial charge is 0.550 e. The molecule has 0 radical (unpaired) electrons. The molecule has 0 aliphatic heterocycles. The Bertz CT molecular complexity index is 264. The summed E-state index contributed by atoms with van der Waals surface area (Å²) in [5.41, 5.74) is 4.84. The fourth-order valence-corrected chi connectivity index (χ4v) is 0.275. The van der Waals surface area contributed by atoms with Gasteiger partial charge in [-0.3, -0.25) is 9.59 Å². The van der Waals surface area contributed by atoms with Crippen LogP contribution in [-0.2, 0) is 19.2 Å². The van der Waals surface area contributed by atoms with Crippen molar-refractivity contribution in [1.29, 1.82) is 0 Å². The van der Waals surface area contributed by atoms with Crippen LogP contribution in [0.25, 0.3) is 0 Å². The molecule has 0 aromatic heterocycles. The van der Waals surface area contributed by atoms with Crippen LogP contribution >= 0.6 is 0 Å². The number of carbonyl (C=O) groups is 4. The SMILES string of the molecule is CC(=O)[O-].CC(=O)[O-].N[C@@H](CC(=O)O)C(=O)O.[Na+].[Na+]. The predicted octanol–water partition coefficient (Wildman–Crippen LogP) is -9.61. The molecule has 0 amide bonds. The van der Waals surface area contributed by atoms with Crippen molar-refractivity contribution >= 4 is 23.9 Å². The molecule has 0 heterocycles. The molecule has 0 aromatic rings. The van der Waals surface area contributed by atoms with Gasteiger partial charge in [0.15, 0.2) is 0 Å². The molecule has 0 aliphatic rings. The summed E-state index contributed by atoms with van der Waals surface area (Å²) in [5, 5.41) is 33.8. The van der Waals surface area contributed by atoms with E-state index in [1.165, 1.54) is 0 Å². The minimum Gasteiger partial charge on any atom is -0.550 e. The molecule has 4 N–H and O–H groups in total. The summed E-state index contributed by atoms with van der Waals surface area (Å²) in [7, 11) is 0. The zero-order chi connectivity index (χ0) is 14.6. The van der Waals surface area contributed by atoms with Crippen LogP contribution < -0.4 is 75.1 Å². The predicted molar refractivity (Wildman–Crippen MR) is 49.2 cm³/mol. The average molecular weight is 297 g/mol. The van der Waals surface area contributed by atoms with Crippen LogP contribution in [0.4, 0.5) is 0 Å². The van der Waals surface area contributed by atoms with Crippen molar-refractivity contribution in [3.63, 3.8) is 0 Å². The summed E-state index contributed by atoms with van der Waals surface area (Å²) in [6.07, 6.45) is -0.532. The van der Waals surface area contributed by atoms with E-state index in [1.807, 2.05) is 0 Å². The second-order valence-electron chi connectivity index (χ2n) is 2.53. The molecule has 0 bridgehead atoms. The van der Waals surface area contributed by atoms with E-state index in [1.54, 1.807) is 0 Å². The van der Waals surface area contributed by atoms with Gasteiger partial charge >= 0.3 is 71.1 Å². The minimum atomic E-state index is -1.29. The van der Waals surface area contributed by atoms with Crippen molar-refractivity contribution in [2.45, 2.75) is 26.3 Å². The van der Waals surface area contributed by atoms with E-state index in [0.717, 1.165) is 13.8 Å². The van der Waals surface area contributed by atoms with Gasteiger partial charge in [-0.2, -0.15) is 0 Å². The third-order valence-electron chi connectivity index (χ3n) is 0.712. The number of carbonyl (C=O) groups excluding carboxylic acids is 2. The summed E-state index contributed by atoms with van der Waals surface area (Å²) < 4.78 is 0. The number of hydrogen-bond acceptors (Lipinski definition) is 7. The van der Waals surface area contributed by atoms with Crippen molar-refractivity contribution in [3.8, 4) is 0 Å². The molecule has 0 unspecified atom stereocenters. The molecule has 100 valence electrons. The molecule has 19 heavy (non-hydrogen) atoms. The first-order valence-electron chi connectivity index (χ1n) is 4.06. The molecular weight excluding hydrogens is 284 g/mol. The fourth-order valence-electron chi connectivity index (χ4n) is 0.275. The largest absolute Gasteiger partial charge is 1.00 e. The Morgan fingerprint density at radius 2 is 1.21 bits per heavy atom. The van der Waals surface area contributed by atoms with Crippen LogP contribution in [0.3, 0.4) is 0 Å². The van der Waals surface area contributed by atoms with E-state index in [9.17, 15) is 9.59 Å². The molecule has 0 aromatic carbocycles. The Kier molecular flexibility index (Phi) is 33.2. The summed E-state index contributed by atoms with van der Waals surface area (Å²) in [6, 6.07) is -1.29. The Morgan fingerprint density at radius 1 is 1.00 bits per heavy atom. The van der Waals surface area contributed by atoms with Gasteiger partial charge in [0.05, 0.1) is 6.42 Å². The number of aliphatic carboxylic acids is 4. The second-order valence-corrected chi connectivity index (χ2v) is 2.53. The summed E-state index contributed by atoms with van der Waals surface area (Å²) in [6.45, 7) is 1.94. The van der Waals surface area contributed by atoms with Crippen molar-refractivity contribution in [1.82, 2.24) is 0 Å². The number of nitrogens with two attached hydrogens (primary N) is 1. The third-order valence-corrected chi connectivity index (χ3v) is 0.712. The number of carboxylic acid groups (broad SMARTS) is 4. The molecule has 0 rings (SSSR count). The Balaban J connectivity index is -0.0000000560. The van der Waals surface area contributed by atoms with Gasteiger partial charge in [-0.1, -0.05) is 0 Å². The van der Waals surface area contributed by atoms with Crippen molar-refractivity contribution in [2.24, 2.45) is 5.73 Å². The van der Waals surface area contributed by atoms with Crippen LogP contribution in [0.2, 0.25) is 0 Å². The molecule has 0 spiro atoms. The van der Waals surface area contributed by atoms with Gasteiger partial charge in [-0.15, -0.1) is 0 Å². The molecule has 11 heteroatoms. The molecule has 1 atom stereocenters. The fraction of sp³-hybridized carbons (Fsp3) is 0.500. The molecule has 9 nitrogen and oxygen atoms in total. The van der Waals surface area contributed by atoms with Gasteiger partial charge in [0, 0.05) is 11.9 Å². The standard InChI is InChI=1S/C4H7NO4.2C2H4O2.2Na/c5-2(4(8)9)1-3(6)7;2*1-2(3)4;;/h2H,1,5H2,(H,6,7)(H,8,9);2*1H3,(H,3,4);;/q;;;2*+1/p-2/t2-;;;;/m0..../s1. The maximum atomic E-state index is 9.85. The maximum Gasteiger partial charge on any atom is 1.00 e. The Hall–Kier alpha value is -0.160. The van der Waals surface area contributed by atoms with Crippen molar-refractivity contribution in [2.75, 3.05) is 0 Å². The summed E-state index contributed by atoms with van der Waals surface area (Å²) in [4.78, 5) is 37.4. The van der Waals surface area contributed by atoms with Gasteiger partial charge < -0.3 is 35.7 Å². The second kappa shape index (κ2) is 20.2. The quantitative estimate of drug-likeness (QED) is 0.426. The normalized spacial score (nSPS) is 8.58. The van der Waals surface area contributed by atoms with Gasteiger partial charge in [0.2, 0.25) is 0 Å². The first-order chi connectivity index (χ1) is 7.50. The molecule has 0 saturated heterocycles. The molecule has 0 saturated carbocycles. The van der Waals surface area contributed by atoms with Crippen LogP contribution in [0.5, 0.6) is 0 Å². The van der Waals surface area contributed by atoms with Gasteiger partial charge in [-0.05, 0) is 13.8 Å². The third kappa shape index (κ3) is 72.8. The number of rotatable bonds is 3. The van der Waals surface area contributed by atoms with Gasteiger partial charge in [-0.25, -0.2) is 0 Å². The average Bonchev–Trinajstić information content (AvgIpc) is 1.99. The zero-order valence-electron chi connectivity index (χ0n) is 11.2. The summed E-state index contributed by atoms with van der Waals surface area (Å²) >= 11 is 0. The topological polar surface area (TPSA) is 181 Å². The van der Waals surface area contributed by atoms with Gasteiger partial charge in [0.25, 0.3) is 0 Å². The Labute approximate surface area is 153 Å². The molecule has 0 fully saturated rings. The zero-order valence-corrected chi connectivity index (χ0v) is 15.2. The number of hydrogen-bond donors (Lipinski definition) is 3. The van der Waals surface area contributed by atoms with Crippen LogP contribution in [0.1, 0.15) is 20.3 Å². The maximum absolute atomic E-state index is 9.85. The van der Waals surface area contributed by atoms with E-state index < -0.39 is 36.3 Å². The first kappa shape index (κ1) is 31.3. The number of carboxylic acids is 4.